The standard InChI is InChI=1S/C30H27N7O/c1-30(2,19-31)22-5-3-20(4-6-22)28-27-24-17-23(7-8-25(24)33-18-26(27)34-35-28)36-13-15-37(16-14-36)29(38)21-9-11-32-12-10-21/h3-12,17-18H,13-16H2,1-2H3,(H,34,35). The van der Waals surface area contributed by atoms with Crippen LogP contribution in [-0.4, -0.2) is 57.2 Å². The lowest BCUT2D eigenvalue weighted by Gasteiger charge is -2.36. The molecule has 1 fully saturated rings. The van der Waals surface area contributed by atoms with Gasteiger partial charge in [0.25, 0.3) is 5.91 Å². The SMILES string of the molecule is CC(C)(C#N)c1ccc(-c2n[nH]c3cnc4ccc(N5CCN(C(=O)c6ccncc6)CC5)cc4c23)cc1. The van der Waals surface area contributed by atoms with E-state index < -0.39 is 5.41 Å². The van der Waals surface area contributed by atoms with Crippen LogP contribution < -0.4 is 4.90 Å². The molecule has 0 aliphatic carbocycles. The summed E-state index contributed by atoms with van der Waals surface area (Å²) >= 11 is 0. The summed E-state index contributed by atoms with van der Waals surface area (Å²) in [5.41, 5.74) is 5.80. The van der Waals surface area contributed by atoms with Crippen molar-refractivity contribution in [2.24, 2.45) is 0 Å². The maximum Gasteiger partial charge on any atom is 0.254 e. The summed E-state index contributed by atoms with van der Waals surface area (Å²) in [6.45, 7) is 6.65. The molecule has 0 saturated carbocycles. The molecule has 0 radical (unpaired) electrons. The summed E-state index contributed by atoms with van der Waals surface area (Å²) in [7, 11) is 0. The van der Waals surface area contributed by atoms with Gasteiger partial charge in [0, 0.05) is 66.2 Å². The maximum absolute atomic E-state index is 12.8. The lowest BCUT2D eigenvalue weighted by molar-refractivity contribution is 0.0746. The third kappa shape index (κ3) is 4.12. The van der Waals surface area contributed by atoms with Crippen molar-refractivity contribution in [3.63, 3.8) is 0 Å². The predicted octanol–water partition coefficient (Wildman–Crippen LogP) is 4.94. The number of carbonyl (C=O) groups is 1. The van der Waals surface area contributed by atoms with Crippen molar-refractivity contribution in [1.29, 1.82) is 5.26 Å². The van der Waals surface area contributed by atoms with Gasteiger partial charge in [0.1, 0.15) is 5.69 Å². The lowest BCUT2D eigenvalue weighted by Crippen LogP contribution is -2.48. The van der Waals surface area contributed by atoms with E-state index in [2.05, 4.69) is 43.3 Å². The topological polar surface area (TPSA) is 102 Å². The van der Waals surface area contributed by atoms with E-state index in [0.29, 0.717) is 18.7 Å². The van der Waals surface area contributed by atoms with E-state index in [-0.39, 0.29) is 5.91 Å². The first kappa shape index (κ1) is 23.6. The zero-order valence-corrected chi connectivity index (χ0v) is 21.3. The van der Waals surface area contributed by atoms with Gasteiger partial charge in [0.15, 0.2) is 0 Å². The third-order valence-corrected chi connectivity index (χ3v) is 7.40. The van der Waals surface area contributed by atoms with Crippen LogP contribution in [0.25, 0.3) is 33.1 Å². The van der Waals surface area contributed by atoms with Gasteiger partial charge in [-0.25, -0.2) is 0 Å². The molecule has 6 rings (SSSR count). The molecule has 1 aliphatic rings. The number of hydrogen-bond donors (Lipinski definition) is 1. The van der Waals surface area contributed by atoms with Gasteiger partial charge in [-0.15, -0.1) is 0 Å². The van der Waals surface area contributed by atoms with E-state index in [4.69, 9.17) is 0 Å². The van der Waals surface area contributed by atoms with Crippen molar-refractivity contribution >= 4 is 33.4 Å². The Morgan fingerprint density at radius 2 is 1.74 bits per heavy atom. The number of nitrogens with zero attached hydrogens (tertiary/aromatic N) is 6. The van der Waals surface area contributed by atoms with Crippen molar-refractivity contribution < 1.29 is 4.79 Å². The number of nitriles is 1. The largest absolute Gasteiger partial charge is 0.368 e. The molecule has 1 aliphatic heterocycles. The molecule has 0 atom stereocenters. The van der Waals surface area contributed by atoms with Crippen LogP contribution in [0.3, 0.4) is 0 Å². The summed E-state index contributed by atoms with van der Waals surface area (Å²) in [5.74, 6) is 0.0451. The van der Waals surface area contributed by atoms with Crippen molar-refractivity contribution in [2.75, 3.05) is 31.1 Å². The number of hydrogen-bond acceptors (Lipinski definition) is 6. The monoisotopic (exact) mass is 501 g/mol. The highest BCUT2D eigenvalue weighted by molar-refractivity contribution is 6.11. The molecule has 0 bridgehead atoms. The molecule has 8 nitrogen and oxygen atoms in total. The van der Waals surface area contributed by atoms with Crippen molar-refractivity contribution in [3.8, 4) is 17.3 Å². The molecule has 1 amide bonds. The minimum Gasteiger partial charge on any atom is -0.368 e. The second-order valence-corrected chi connectivity index (χ2v) is 10.1. The summed E-state index contributed by atoms with van der Waals surface area (Å²) in [6.07, 6.45) is 5.13. The maximum atomic E-state index is 12.8. The Bertz CT molecular complexity index is 1680. The highest BCUT2D eigenvalue weighted by atomic mass is 16.2. The van der Waals surface area contributed by atoms with Crippen LogP contribution in [0.4, 0.5) is 5.69 Å². The normalized spacial score (nSPS) is 14.1. The van der Waals surface area contributed by atoms with Crippen molar-refractivity contribution in [1.82, 2.24) is 25.1 Å². The Hall–Kier alpha value is -4.77. The first-order chi connectivity index (χ1) is 18.4. The number of amides is 1. The van der Waals surface area contributed by atoms with Crippen LogP contribution in [-0.2, 0) is 5.41 Å². The summed E-state index contributed by atoms with van der Waals surface area (Å²) in [5, 5.41) is 19.3. The van der Waals surface area contributed by atoms with Gasteiger partial charge in [-0.2, -0.15) is 10.4 Å². The fourth-order valence-electron chi connectivity index (χ4n) is 5.05. The molecule has 4 heterocycles. The van der Waals surface area contributed by atoms with Crippen LogP contribution in [0.2, 0.25) is 0 Å². The van der Waals surface area contributed by atoms with Gasteiger partial charge in [-0.1, -0.05) is 24.3 Å². The molecule has 0 spiro atoms. The minimum absolute atomic E-state index is 0.0451. The van der Waals surface area contributed by atoms with Gasteiger partial charge in [0.2, 0.25) is 0 Å². The third-order valence-electron chi connectivity index (χ3n) is 7.40. The number of anilines is 1. The molecule has 8 heteroatoms. The molecular formula is C30H27N7O. The fourth-order valence-corrected chi connectivity index (χ4v) is 5.05. The van der Waals surface area contributed by atoms with Gasteiger partial charge >= 0.3 is 0 Å². The van der Waals surface area contributed by atoms with Gasteiger partial charge < -0.3 is 9.80 Å². The average Bonchev–Trinajstić information content (AvgIpc) is 3.42. The number of carbonyl (C=O) groups excluding carboxylic acids is 1. The predicted molar refractivity (Wildman–Crippen MR) is 148 cm³/mol. The van der Waals surface area contributed by atoms with Crippen LogP contribution in [0.1, 0.15) is 29.8 Å². The Morgan fingerprint density at radius 3 is 2.45 bits per heavy atom. The summed E-state index contributed by atoms with van der Waals surface area (Å²) < 4.78 is 0. The minimum atomic E-state index is -0.551. The Kier molecular flexibility index (Phi) is 5.76. The second kappa shape index (κ2) is 9.27. The van der Waals surface area contributed by atoms with E-state index >= 15 is 0 Å². The highest BCUT2D eigenvalue weighted by Crippen LogP contribution is 2.35. The van der Waals surface area contributed by atoms with E-state index in [1.807, 2.05) is 55.3 Å². The van der Waals surface area contributed by atoms with Crippen molar-refractivity contribution in [3.05, 3.63) is 84.3 Å². The van der Waals surface area contributed by atoms with Gasteiger partial charge in [-0.3, -0.25) is 19.9 Å². The van der Waals surface area contributed by atoms with Crippen LogP contribution in [0, 0.1) is 11.3 Å². The second-order valence-electron chi connectivity index (χ2n) is 10.1. The number of aromatic amines is 1. The zero-order chi connectivity index (χ0) is 26.3. The summed E-state index contributed by atoms with van der Waals surface area (Å²) in [4.78, 5) is 25.7. The fraction of sp³-hybridized carbons (Fsp3) is 0.233. The molecule has 3 aromatic heterocycles. The number of rotatable bonds is 4. The Balaban J connectivity index is 1.30. The van der Waals surface area contributed by atoms with Crippen LogP contribution in [0.15, 0.2) is 73.2 Å². The molecular weight excluding hydrogens is 474 g/mol. The highest BCUT2D eigenvalue weighted by Gasteiger charge is 2.23. The first-order valence-corrected chi connectivity index (χ1v) is 12.7. The van der Waals surface area contributed by atoms with E-state index in [0.717, 1.165) is 57.4 Å². The Labute approximate surface area is 220 Å². The average molecular weight is 502 g/mol. The number of benzene rings is 2. The van der Waals surface area contributed by atoms with Gasteiger partial charge in [-0.05, 0) is 49.7 Å². The smallest absolute Gasteiger partial charge is 0.254 e. The van der Waals surface area contributed by atoms with Crippen LogP contribution >= 0.6 is 0 Å². The Morgan fingerprint density at radius 1 is 1.00 bits per heavy atom. The zero-order valence-electron chi connectivity index (χ0n) is 21.3. The number of H-pyrrole nitrogens is 1. The van der Waals surface area contributed by atoms with Crippen molar-refractivity contribution in [2.45, 2.75) is 19.3 Å². The van der Waals surface area contributed by atoms with Gasteiger partial charge in [0.05, 0.1) is 28.7 Å². The molecule has 2 aromatic carbocycles. The molecule has 38 heavy (non-hydrogen) atoms. The summed E-state index contributed by atoms with van der Waals surface area (Å²) in [6, 6.07) is 20.3. The van der Waals surface area contributed by atoms with E-state index in [9.17, 15) is 10.1 Å². The molecule has 1 N–H and O–H groups in total. The first-order valence-electron chi connectivity index (χ1n) is 12.7. The lowest BCUT2D eigenvalue weighted by atomic mass is 9.86. The number of aromatic nitrogens is 4. The van der Waals surface area contributed by atoms with Crippen LogP contribution in [0.5, 0.6) is 0 Å². The molecule has 1 saturated heterocycles. The number of nitrogens with one attached hydrogen (secondary N) is 1. The quantitative estimate of drug-likeness (QED) is 0.374. The van der Waals surface area contributed by atoms with E-state index in [1.165, 1.54) is 0 Å². The number of fused-ring (bicyclic) bond motifs is 3. The molecule has 5 aromatic rings. The number of piperazine rings is 1. The molecule has 188 valence electrons. The van der Waals surface area contributed by atoms with E-state index in [1.54, 1.807) is 24.5 Å². The number of pyridine rings is 2. The molecule has 0 unspecified atom stereocenters.